The Morgan fingerprint density at radius 3 is 2.67 bits per heavy atom. The number of halogens is 1. The average molecular weight is 321 g/mol. The molecule has 0 aromatic heterocycles. The minimum atomic E-state index is 0. The first kappa shape index (κ1) is 20.7. The molecule has 1 atom stereocenters. The number of likely N-dealkylation sites (tertiary alicyclic amines) is 1. The Kier molecular flexibility index (Phi) is 12.1. The van der Waals surface area contributed by atoms with Crippen LogP contribution in [0.3, 0.4) is 0 Å². The fourth-order valence-corrected chi connectivity index (χ4v) is 2.49. The van der Waals surface area contributed by atoms with Gasteiger partial charge in [0.25, 0.3) is 0 Å². The van der Waals surface area contributed by atoms with Crippen LogP contribution in [0.4, 0.5) is 0 Å². The van der Waals surface area contributed by atoms with E-state index in [1.807, 2.05) is 4.90 Å². The fraction of sp³-hybridized carbons (Fsp3) is 0.938. The van der Waals surface area contributed by atoms with Crippen molar-refractivity contribution >= 4 is 18.3 Å². The molecular formula is C16H33ClN2O2. The summed E-state index contributed by atoms with van der Waals surface area (Å²) in [7, 11) is 0. The van der Waals surface area contributed by atoms with Crippen molar-refractivity contribution in [3.63, 3.8) is 0 Å². The van der Waals surface area contributed by atoms with Crippen LogP contribution in [-0.2, 0) is 9.53 Å². The molecule has 5 heteroatoms. The van der Waals surface area contributed by atoms with Gasteiger partial charge in [-0.2, -0.15) is 0 Å². The third-order valence-electron chi connectivity index (χ3n) is 3.89. The van der Waals surface area contributed by atoms with E-state index in [0.717, 1.165) is 64.8 Å². The number of carbonyl (C=O) groups is 1. The number of amides is 1. The lowest BCUT2D eigenvalue weighted by atomic mass is 10.1. The first-order valence-electron chi connectivity index (χ1n) is 8.23. The van der Waals surface area contributed by atoms with Gasteiger partial charge in [0.1, 0.15) is 0 Å². The van der Waals surface area contributed by atoms with E-state index < -0.39 is 0 Å². The number of nitrogens with two attached hydrogens (primary N) is 1. The minimum Gasteiger partial charge on any atom is -0.376 e. The summed E-state index contributed by atoms with van der Waals surface area (Å²) in [5, 5.41) is 0. The fourth-order valence-electron chi connectivity index (χ4n) is 2.49. The summed E-state index contributed by atoms with van der Waals surface area (Å²) in [6, 6.07) is 0. The molecule has 1 heterocycles. The smallest absolute Gasteiger partial charge is 0.222 e. The first-order chi connectivity index (χ1) is 9.63. The lowest BCUT2D eigenvalue weighted by Gasteiger charge is -2.17. The Hall–Kier alpha value is -0.320. The molecule has 0 aliphatic carbocycles. The van der Waals surface area contributed by atoms with Gasteiger partial charge >= 0.3 is 0 Å². The van der Waals surface area contributed by atoms with Crippen LogP contribution < -0.4 is 5.73 Å². The third kappa shape index (κ3) is 9.33. The molecule has 4 nitrogen and oxygen atoms in total. The topological polar surface area (TPSA) is 55.6 Å². The second-order valence-electron chi connectivity index (χ2n) is 6.26. The number of rotatable bonds is 10. The molecule has 1 aliphatic rings. The van der Waals surface area contributed by atoms with Crippen molar-refractivity contribution in [2.24, 2.45) is 11.7 Å². The molecule has 1 rings (SSSR count). The third-order valence-corrected chi connectivity index (χ3v) is 3.89. The van der Waals surface area contributed by atoms with E-state index in [4.69, 9.17) is 10.5 Å². The van der Waals surface area contributed by atoms with Gasteiger partial charge in [-0.1, -0.05) is 26.7 Å². The number of nitrogens with zero attached hydrogens (tertiary/aromatic N) is 1. The monoisotopic (exact) mass is 320 g/mol. The second kappa shape index (κ2) is 12.2. The van der Waals surface area contributed by atoms with E-state index >= 15 is 0 Å². The quantitative estimate of drug-likeness (QED) is 0.630. The molecule has 1 aliphatic heterocycles. The van der Waals surface area contributed by atoms with Crippen molar-refractivity contribution in [2.75, 3.05) is 26.2 Å². The van der Waals surface area contributed by atoms with Gasteiger partial charge < -0.3 is 15.4 Å². The van der Waals surface area contributed by atoms with Gasteiger partial charge in [-0.05, 0) is 38.1 Å². The Labute approximate surface area is 136 Å². The van der Waals surface area contributed by atoms with Gasteiger partial charge in [-0.15, -0.1) is 12.4 Å². The van der Waals surface area contributed by atoms with Gasteiger partial charge in [0.2, 0.25) is 5.91 Å². The summed E-state index contributed by atoms with van der Waals surface area (Å²) in [5.41, 5.74) is 5.45. The van der Waals surface area contributed by atoms with Crippen molar-refractivity contribution in [2.45, 2.75) is 64.9 Å². The van der Waals surface area contributed by atoms with Crippen molar-refractivity contribution < 1.29 is 9.53 Å². The maximum absolute atomic E-state index is 12.1. The molecular weight excluding hydrogens is 288 g/mol. The molecule has 0 aromatic carbocycles. The number of carbonyl (C=O) groups excluding carboxylic acids is 1. The standard InChI is InChI=1S/C16H32N2O2.ClH/c1-14(2)9-12-20-15-8-11-18(13-15)16(19)7-5-3-4-6-10-17;/h14-15H,3-13,17H2,1-2H3;1H. The molecule has 1 saturated heterocycles. The zero-order valence-corrected chi connectivity index (χ0v) is 14.5. The molecule has 1 fully saturated rings. The van der Waals surface area contributed by atoms with Gasteiger partial charge in [-0.25, -0.2) is 0 Å². The van der Waals surface area contributed by atoms with E-state index in [1.54, 1.807) is 0 Å². The van der Waals surface area contributed by atoms with Crippen molar-refractivity contribution in [1.29, 1.82) is 0 Å². The number of hydrogen-bond acceptors (Lipinski definition) is 3. The maximum atomic E-state index is 12.1. The summed E-state index contributed by atoms with van der Waals surface area (Å²) in [6.07, 6.45) is 7.37. The predicted octanol–water partition coefficient (Wildman–Crippen LogP) is 2.98. The van der Waals surface area contributed by atoms with E-state index in [1.165, 1.54) is 0 Å². The van der Waals surface area contributed by atoms with Crippen molar-refractivity contribution in [1.82, 2.24) is 4.90 Å². The Bertz CT molecular complexity index is 275. The van der Waals surface area contributed by atoms with Crippen LogP contribution in [0.2, 0.25) is 0 Å². The summed E-state index contributed by atoms with van der Waals surface area (Å²) >= 11 is 0. The Morgan fingerprint density at radius 2 is 2.00 bits per heavy atom. The molecule has 1 amide bonds. The van der Waals surface area contributed by atoms with Crippen LogP contribution in [0.5, 0.6) is 0 Å². The lowest BCUT2D eigenvalue weighted by Crippen LogP contribution is -2.30. The minimum absolute atomic E-state index is 0. The van der Waals surface area contributed by atoms with Crippen LogP contribution in [-0.4, -0.2) is 43.2 Å². The summed E-state index contributed by atoms with van der Waals surface area (Å²) in [5.74, 6) is 0.982. The summed E-state index contributed by atoms with van der Waals surface area (Å²) in [4.78, 5) is 14.0. The Morgan fingerprint density at radius 1 is 1.29 bits per heavy atom. The van der Waals surface area contributed by atoms with Gasteiger partial charge in [0, 0.05) is 26.1 Å². The molecule has 0 saturated carbocycles. The largest absolute Gasteiger partial charge is 0.376 e. The zero-order valence-electron chi connectivity index (χ0n) is 13.7. The summed E-state index contributed by atoms with van der Waals surface area (Å²) < 4.78 is 5.84. The number of hydrogen-bond donors (Lipinski definition) is 1. The normalized spacial score (nSPS) is 18.1. The zero-order chi connectivity index (χ0) is 14.8. The van der Waals surface area contributed by atoms with Crippen molar-refractivity contribution in [3.05, 3.63) is 0 Å². The van der Waals surface area contributed by atoms with Crippen LogP contribution in [0.25, 0.3) is 0 Å². The van der Waals surface area contributed by atoms with E-state index in [-0.39, 0.29) is 18.5 Å². The highest BCUT2D eigenvalue weighted by atomic mass is 35.5. The van der Waals surface area contributed by atoms with Crippen LogP contribution in [0, 0.1) is 5.92 Å². The highest BCUT2D eigenvalue weighted by Crippen LogP contribution is 2.16. The van der Waals surface area contributed by atoms with E-state index in [0.29, 0.717) is 18.2 Å². The molecule has 0 radical (unpaired) electrons. The van der Waals surface area contributed by atoms with Crippen molar-refractivity contribution in [3.8, 4) is 0 Å². The Balaban J connectivity index is 0.00000400. The lowest BCUT2D eigenvalue weighted by molar-refractivity contribution is -0.130. The summed E-state index contributed by atoms with van der Waals surface area (Å²) in [6.45, 7) is 7.66. The molecule has 21 heavy (non-hydrogen) atoms. The number of unbranched alkanes of at least 4 members (excludes halogenated alkanes) is 3. The molecule has 0 spiro atoms. The maximum Gasteiger partial charge on any atom is 0.222 e. The van der Waals surface area contributed by atoms with E-state index in [2.05, 4.69) is 13.8 Å². The van der Waals surface area contributed by atoms with Gasteiger partial charge in [0.05, 0.1) is 6.10 Å². The molecule has 0 aromatic rings. The van der Waals surface area contributed by atoms with Crippen LogP contribution in [0.1, 0.15) is 58.8 Å². The van der Waals surface area contributed by atoms with Gasteiger partial charge in [-0.3, -0.25) is 4.79 Å². The average Bonchev–Trinajstić information content (AvgIpc) is 2.87. The van der Waals surface area contributed by atoms with Crippen LogP contribution in [0.15, 0.2) is 0 Å². The van der Waals surface area contributed by atoms with Gasteiger partial charge in [0.15, 0.2) is 0 Å². The predicted molar refractivity (Wildman–Crippen MR) is 89.8 cm³/mol. The highest BCUT2D eigenvalue weighted by molar-refractivity contribution is 5.85. The SMILES string of the molecule is CC(C)CCOC1CCN(C(=O)CCCCCCN)C1.Cl. The number of ether oxygens (including phenoxy) is 1. The molecule has 1 unspecified atom stereocenters. The molecule has 2 N–H and O–H groups in total. The molecule has 126 valence electrons. The first-order valence-corrected chi connectivity index (χ1v) is 8.23. The molecule has 0 bridgehead atoms. The second-order valence-corrected chi connectivity index (χ2v) is 6.26. The highest BCUT2D eigenvalue weighted by Gasteiger charge is 2.26. The van der Waals surface area contributed by atoms with E-state index in [9.17, 15) is 4.79 Å². The van der Waals surface area contributed by atoms with Crippen LogP contribution >= 0.6 is 12.4 Å².